The third-order valence-corrected chi connectivity index (χ3v) is 2.30. The number of hydrogen-bond donors (Lipinski definition) is 0. The Kier molecular flexibility index (Phi) is 4.11. The van der Waals surface area contributed by atoms with Crippen LogP contribution in [0.2, 0.25) is 0 Å². The van der Waals surface area contributed by atoms with Crippen LogP contribution in [0.5, 0.6) is 0 Å². The van der Waals surface area contributed by atoms with Crippen LogP contribution in [0, 0.1) is 0 Å². The Morgan fingerprint density at radius 2 is 1.81 bits per heavy atom. The third kappa shape index (κ3) is 3.69. The van der Waals surface area contributed by atoms with Gasteiger partial charge in [0.25, 0.3) is 0 Å². The molecule has 0 heterocycles. The van der Waals surface area contributed by atoms with Gasteiger partial charge < -0.3 is 4.74 Å². The summed E-state index contributed by atoms with van der Waals surface area (Å²) in [5, 5.41) is 0. The molecule has 0 N–H and O–H groups in total. The highest BCUT2D eigenvalue weighted by Gasteiger charge is 2.24. The number of esters is 1. The first-order valence-electron chi connectivity index (χ1n) is 5.72. The Morgan fingerprint density at radius 1 is 1.25 bits per heavy atom. The summed E-state index contributed by atoms with van der Waals surface area (Å²) in [5.74, 6) is -0.290. The maximum absolute atomic E-state index is 12.0. The van der Waals surface area contributed by atoms with Crippen molar-refractivity contribution in [3.63, 3.8) is 0 Å². The molecule has 0 saturated carbocycles. The second kappa shape index (κ2) is 5.15. The maximum atomic E-state index is 12.0. The number of ether oxygens (including phenoxy) is 1. The molecule has 1 rings (SSSR count). The van der Waals surface area contributed by atoms with E-state index in [1.165, 1.54) is 0 Å². The van der Waals surface area contributed by atoms with Crippen molar-refractivity contribution in [2.75, 3.05) is 0 Å². The van der Waals surface area contributed by atoms with Crippen LogP contribution < -0.4 is 0 Å². The first kappa shape index (κ1) is 12.8. The molecule has 1 aromatic carbocycles. The summed E-state index contributed by atoms with van der Waals surface area (Å²) in [6, 6.07) is 9.78. The summed E-state index contributed by atoms with van der Waals surface area (Å²) in [5.41, 5.74) is 0.610. The molecule has 0 aliphatic carbocycles. The zero-order chi connectivity index (χ0) is 12.2. The van der Waals surface area contributed by atoms with Crippen molar-refractivity contribution in [1.29, 1.82) is 0 Å². The summed E-state index contributed by atoms with van der Waals surface area (Å²) in [6.45, 7) is 7.68. The molecule has 88 valence electrons. The van der Waals surface area contributed by atoms with E-state index in [1.54, 1.807) is 0 Å². The van der Waals surface area contributed by atoms with Gasteiger partial charge in [-0.1, -0.05) is 37.3 Å². The quantitative estimate of drug-likeness (QED) is 0.728. The van der Waals surface area contributed by atoms with Crippen molar-refractivity contribution in [2.45, 2.75) is 45.6 Å². The van der Waals surface area contributed by atoms with Gasteiger partial charge in [0, 0.05) is 0 Å². The zero-order valence-corrected chi connectivity index (χ0v) is 10.5. The first-order chi connectivity index (χ1) is 7.44. The van der Waals surface area contributed by atoms with Crippen molar-refractivity contribution in [3.05, 3.63) is 35.9 Å². The number of rotatable bonds is 3. The summed E-state index contributed by atoms with van der Waals surface area (Å²) >= 11 is 0. The van der Waals surface area contributed by atoms with E-state index in [2.05, 4.69) is 0 Å². The van der Waals surface area contributed by atoms with E-state index in [-0.39, 0.29) is 11.9 Å². The number of carbonyl (C=O) groups excluding carboxylic acids is 1. The highest BCUT2D eigenvalue weighted by atomic mass is 16.6. The second-order valence-corrected chi connectivity index (χ2v) is 4.90. The normalized spacial score (nSPS) is 13.2. The van der Waals surface area contributed by atoms with Gasteiger partial charge in [-0.3, -0.25) is 4.79 Å². The van der Waals surface area contributed by atoms with Crippen molar-refractivity contribution in [1.82, 2.24) is 0 Å². The maximum Gasteiger partial charge on any atom is 0.313 e. The van der Waals surface area contributed by atoms with Crippen molar-refractivity contribution < 1.29 is 9.53 Å². The van der Waals surface area contributed by atoms with Crippen molar-refractivity contribution in [2.24, 2.45) is 0 Å². The Balaban J connectivity index is 2.80. The highest BCUT2D eigenvalue weighted by Crippen LogP contribution is 2.23. The minimum absolute atomic E-state index is 0.138. The molecule has 0 radical (unpaired) electrons. The molecule has 0 spiro atoms. The molecule has 0 aromatic heterocycles. The van der Waals surface area contributed by atoms with Crippen LogP contribution in [-0.4, -0.2) is 11.6 Å². The molecule has 0 amide bonds. The lowest BCUT2D eigenvalue weighted by Gasteiger charge is -2.23. The minimum Gasteiger partial charge on any atom is -0.459 e. The van der Waals surface area contributed by atoms with Gasteiger partial charge in [-0.2, -0.15) is 0 Å². The zero-order valence-electron chi connectivity index (χ0n) is 10.5. The number of benzene rings is 1. The second-order valence-electron chi connectivity index (χ2n) is 4.90. The number of hydrogen-bond acceptors (Lipinski definition) is 2. The monoisotopic (exact) mass is 220 g/mol. The predicted octanol–water partition coefficient (Wildman–Crippen LogP) is 3.52. The standard InChI is InChI=1S/C14H20O2/c1-5-12(11-9-7-6-8-10-11)13(15)16-14(2,3)4/h6-10,12H,5H2,1-4H3/t12-/m0/s1. The lowest BCUT2D eigenvalue weighted by molar-refractivity contribution is -0.156. The van der Waals surface area contributed by atoms with E-state index < -0.39 is 5.60 Å². The predicted molar refractivity (Wildman–Crippen MR) is 65.3 cm³/mol. The topological polar surface area (TPSA) is 26.3 Å². The lowest BCUT2D eigenvalue weighted by Crippen LogP contribution is -2.27. The molecule has 2 heteroatoms. The molecule has 0 bridgehead atoms. The molecular weight excluding hydrogens is 200 g/mol. The Hall–Kier alpha value is -1.31. The third-order valence-electron chi connectivity index (χ3n) is 2.30. The fourth-order valence-corrected chi connectivity index (χ4v) is 1.60. The van der Waals surface area contributed by atoms with E-state index in [0.29, 0.717) is 0 Å². The van der Waals surface area contributed by atoms with Crippen LogP contribution in [0.15, 0.2) is 30.3 Å². The van der Waals surface area contributed by atoms with E-state index >= 15 is 0 Å². The van der Waals surface area contributed by atoms with Gasteiger partial charge in [0.2, 0.25) is 0 Å². The van der Waals surface area contributed by atoms with Crippen molar-refractivity contribution >= 4 is 5.97 Å². The minimum atomic E-state index is -0.417. The molecule has 1 aromatic rings. The van der Waals surface area contributed by atoms with Gasteiger partial charge in [0.1, 0.15) is 5.60 Å². The Labute approximate surface area is 97.6 Å². The molecule has 0 unspecified atom stereocenters. The summed E-state index contributed by atoms with van der Waals surface area (Å²) in [6.07, 6.45) is 0.763. The van der Waals surface area contributed by atoms with Crippen LogP contribution in [0.25, 0.3) is 0 Å². The highest BCUT2D eigenvalue weighted by molar-refractivity contribution is 5.78. The Bertz CT molecular complexity index is 336. The average Bonchev–Trinajstić information content (AvgIpc) is 2.17. The summed E-state index contributed by atoms with van der Waals surface area (Å²) < 4.78 is 5.41. The van der Waals surface area contributed by atoms with E-state index in [1.807, 2.05) is 58.0 Å². The van der Waals surface area contributed by atoms with Gasteiger partial charge in [-0.25, -0.2) is 0 Å². The molecule has 1 atom stereocenters. The van der Waals surface area contributed by atoms with Gasteiger partial charge >= 0.3 is 5.97 Å². The molecule has 16 heavy (non-hydrogen) atoms. The smallest absolute Gasteiger partial charge is 0.313 e. The number of carbonyl (C=O) groups is 1. The molecule has 0 aliphatic rings. The molecule has 0 fully saturated rings. The molecule has 0 saturated heterocycles. The fraction of sp³-hybridized carbons (Fsp3) is 0.500. The molecule has 2 nitrogen and oxygen atoms in total. The van der Waals surface area contributed by atoms with E-state index in [9.17, 15) is 4.79 Å². The van der Waals surface area contributed by atoms with Gasteiger partial charge in [-0.15, -0.1) is 0 Å². The van der Waals surface area contributed by atoms with Gasteiger partial charge in [0.05, 0.1) is 5.92 Å². The van der Waals surface area contributed by atoms with Crippen molar-refractivity contribution in [3.8, 4) is 0 Å². The molecular formula is C14H20O2. The van der Waals surface area contributed by atoms with Crippen LogP contribution in [0.4, 0.5) is 0 Å². The fourth-order valence-electron chi connectivity index (χ4n) is 1.60. The summed E-state index contributed by atoms with van der Waals surface area (Å²) in [7, 11) is 0. The van der Waals surface area contributed by atoms with E-state index in [0.717, 1.165) is 12.0 Å². The van der Waals surface area contributed by atoms with Gasteiger partial charge in [0.15, 0.2) is 0 Å². The first-order valence-corrected chi connectivity index (χ1v) is 5.72. The molecule has 0 aliphatic heterocycles. The van der Waals surface area contributed by atoms with Crippen LogP contribution in [0.1, 0.15) is 45.6 Å². The van der Waals surface area contributed by atoms with Gasteiger partial charge in [-0.05, 0) is 32.8 Å². The van der Waals surface area contributed by atoms with Crippen LogP contribution in [-0.2, 0) is 9.53 Å². The SMILES string of the molecule is CC[C@H](C(=O)OC(C)(C)C)c1ccccc1. The lowest BCUT2D eigenvalue weighted by atomic mass is 9.96. The van der Waals surface area contributed by atoms with Crippen LogP contribution in [0.3, 0.4) is 0 Å². The average molecular weight is 220 g/mol. The Morgan fingerprint density at radius 3 is 2.25 bits per heavy atom. The van der Waals surface area contributed by atoms with Crippen LogP contribution >= 0.6 is 0 Å². The largest absolute Gasteiger partial charge is 0.459 e. The summed E-state index contributed by atoms with van der Waals surface area (Å²) in [4.78, 5) is 12.0. The van der Waals surface area contributed by atoms with E-state index in [4.69, 9.17) is 4.74 Å².